The Morgan fingerprint density at radius 3 is 2.83 bits per heavy atom. The van der Waals surface area contributed by atoms with Crippen LogP contribution in [0, 0.1) is 3.57 Å². The number of rotatable bonds is 2. The van der Waals surface area contributed by atoms with Crippen LogP contribution in [0.1, 0.15) is 13.3 Å². The summed E-state index contributed by atoms with van der Waals surface area (Å²) in [5.41, 5.74) is 0.593. The number of amides is 2. The van der Waals surface area contributed by atoms with E-state index in [1.807, 2.05) is 13.0 Å². The standard InChI is InChI=1S/C12H12ClIN2O2/c1-2-9-12(18)16(6-11(17)15-9)10-4-3-7(14)5-8(10)13/h3-5,9H,2,6H2,1H3,(H,15,17). The lowest BCUT2D eigenvalue weighted by Gasteiger charge is -2.32. The van der Waals surface area contributed by atoms with E-state index in [4.69, 9.17) is 11.6 Å². The van der Waals surface area contributed by atoms with Crippen LogP contribution in [0.2, 0.25) is 5.02 Å². The van der Waals surface area contributed by atoms with Gasteiger partial charge in [0.2, 0.25) is 11.8 Å². The first-order valence-electron chi connectivity index (χ1n) is 5.58. The van der Waals surface area contributed by atoms with Crippen molar-refractivity contribution in [3.05, 3.63) is 26.8 Å². The zero-order valence-electron chi connectivity index (χ0n) is 9.74. The SMILES string of the molecule is CCC1NC(=O)CN(c2ccc(I)cc2Cl)C1=O. The molecular weight excluding hydrogens is 367 g/mol. The maximum absolute atomic E-state index is 12.2. The molecule has 1 aliphatic rings. The Kier molecular flexibility index (Phi) is 4.11. The number of hydrogen-bond donors (Lipinski definition) is 1. The predicted molar refractivity (Wildman–Crippen MR) is 78.7 cm³/mol. The molecule has 1 fully saturated rings. The molecule has 18 heavy (non-hydrogen) atoms. The first-order chi connectivity index (χ1) is 8.52. The van der Waals surface area contributed by atoms with E-state index in [9.17, 15) is 9.59 Å². The Hall–Kier alpha value is -0.820. The minimum absolute atomic E-state index is 0.0235. The van der Waals surface area contributed by atoms with Crippen LogP contribution in [-0.2, 0) is 9.59 Å². The monoisotopic (exact) mass is 378 g/mol. The van der Waals surface area contributed by atoms with Gasteiger partial charge in [-0.2, -0.15) is 0 Å². The summed E-state index contributed by atoms with van der Waals surface area (Å²) < 4.78 is 0.988. The van der Waals surface area contributed by atoms with Gasteiger partial charge in [-0.3, -0.25) is 14.5 Å². The summed E-state index contributed by atoms with van der Waals surface area (Å²) in [6.45, 7) is 1.89. The van der Waals surface area contributed by atoms with Crippen molar-refractivity contribution in [2.75, 3.05) is 11.4 Å². The molecule has 0 bridgehead atoms. The summed E-state index contributed by atoms with van der Waals surface area (Å²) in [4.78, 5) is 25.2. The van der Waals surface area contributed by atoms with Gasteiger partial charge in [-0.15, -0.1) is 0 Å². The average molecular weight is 379 g/mol. The van der Waals surface area contributed by atoms with Gasteiger partial charge in [-0.05, 0) is 47.2 Å². The molecule has 1 atom stereocenters. The molecule has 2 rings (SSSR count). The van der Waals surface area contributed by atoms with Gasteiger partial charge in [0, 0.05) is 3.57 Å². The number of hydrogen-bond acceptors (Lipinski definition) is 2. The molecule has 96 valence electrons. The molecule has 0 saturated carbocycles. The van der Waals surface area contributed by atoms with Crippen LogP contribution in [0.4, 0.5) is 5.69 Å². The molecule has 4 nitrogen and oxygen atoms in total. The second-order valence-corrected chi connectivity index (χ2v) is 5.70. The van der Waals surface area contributed by atoms with Crippen LogP contribution >= 0.6 is 34.2 Å². The summed E-state index contributed by atoms with van der Waals surface area (Å²) in [5, 5.41) is 3.16. The van der Waals surface area contributed by atoms with Crippen molar-refractivity contribution < 1.29 is 9.59 Å². The lowest BCUT2D eigenvalue weighted by Crippen LogP contribution is -2.58. The van der Waals surface area contributed by atoms with Crippen molar-refractivity contribution in [1.29, 1.82) is 0 Å². The third-order valence-corrected chi connectivity index (χ3v) is 3.78. The Bertz CT molecular complexity index is 507. The molecule has 0 aromatic heterocycles. The predicted octanol–water partition coefficient (Wildman–Crippen LogP) is 2.19. The van der Waals surface area contributed by atoms with E-state index in [0.717, 1.165) is 3.57 Å². The van der Waals surface area contributed by atoms with E-state index in [2.05, 4.69) is 27.9 Å². The van der Waals surface area contributed by atoms with E-state index in [-0.39, 0.29) is 18.4 Å². The van der Waals surface area contributed by atoms with Gasteiger partial charge in [-0.1, -0.05) is 18.5 Å². The zero-order valence-corrected chi connectivity index (χ0v) is 12.7. The molecule has 1 aromatic carbocycles. The Balaban J connectivity index is 2.36. The van der Waals surface area contributed by atoms with Crippen LogP contribution in [-0.4, -0.2) is 24.4 Å². The summed E-state index contributed by atoms with van der Waals surface area (Å²) in [7, 11) is 0. The molecule has 0 aliphatic carbocycles. The number of carbonyl (C=O) groups excluding carboxylic acids is 2. The van der Waals surface area contributed by atoms with Crippen LogP contribution in [0.25, 0.3) is 0 Å². The van der Waals surface area contributed by atoms with E-state index >= 15 is 0 Å². The Morgan fingerprint density at radius 2 is 2.22 bits per heavy atom. The van der Waals surface area contributed by atoms with Crippen molar-refractivity contribution in [2.45, 2.75) is 19.4 Å². The molecule has 0 spiro atoms. The highest BCUT2D eigenvalue weighted by Crippen LogP contribution is 2.29. The second kappa shape index (κ2) is 5.44. The number of piperazine rings is 1. The molecule has 0 radical (unpaired) electrons. The fraction of sp³-hybridized carbons (Fsp3) is 0.333. The van der Waals surface area contributed by atoms with Crippen LogP contribution < -0.4 is 10.2 Å². The van der Waals surface area contributed by atoms with Crippen LogP contribution in [0.3, 0.4) is 0 Å². The zero-order chi connectivity index (χ0) is 13.3. The lowest BCUT2D eigenvalue weighted by molar-refractivity contribution is -0.131. The highest BCUT2D eigenvalue weighted by Gasteiger charge is 2.33. The third kappa shape index (κ3) is 2.61. The summed E-state index contributed by atoms with van der Waals surface area (Å²) in [6, 6.07) is 4.95. The fourth-order valence-corrected chi connectivity index (χ4v) is 2.85. The number of nitrogens with one attached hydrogen (secondary N) is 1. The third-order valence-electron chi connectivity index (χ3n) is 2.81. The van der Waals surface area contributed by atoms with E-state index in [1.165, 1.54) is 4.90 Å². The highest BCUT2D eigenvalue weighted by atomic mass is 127. The van der Waals surface area contributed by atoms with Gasteiger partial charge in [0.05, 0.1) is 10.7 Å². The van der Waals surface area contributed by atoms with E-state index < -0.39 is 6.04 Å². The largest absolute Gasteiger partial charge is 0.343 e. The van der Waals surface area contributed by atoms with Crippen molar-refractivity contribution in [2.24, 2.45) is 0 Å². The minimum atomic E-state index is -0.457. The van der Waals surface area contributed by atoms with E-state index in [1.54, 1.807) is 12.1 Å². The maximum atomic E-state index is 12.2. The van der Waals surface area contributed by atoms with Gasteiger partial charge in [0.25, 0.3) is 0 Å². The van der Waals surface area contributed by atoms with Gasteiger partial charge >= 0.3 is 0 Å². The normalized spacial score (nSPS) is 19.9. The molecule has 1 heterocycles. The number of nitrogens with zero attached hydrogens (tertiary/aromatic N) is 1. The second-order valence-electron chi connectivity index (χ2n) is 4.05. The molecular formula is C12H12ClIN2O2. The van der Waals surface area contributed by atoms with Gasteiger partial charge < -0.3 is 5.32 Å². The maximum Gasteiger partial charge on any atom is 0.250 e. The van der Waals surface area contributed by atoms with Gasteiger partial charge in [0.15, 0.2) is 0 Å². The van der Waals surface area contributed by atoms with Crippen molar-refractivity contribution in [3.8, 4) is 0 Å². The fourth-order valence-electron chi connectivity index (χ4n) is 1.89. The molecule has 1 saturated heterocycles. The first kappa shape index (κ1) is 13.6. The molecule has 1 aromatic rings. The van der Waals surface area contributed by atoms with Crippen molar-refractivity contribution in [3.63, 3.8) is 0 Å². The molecule has 1 aliphatic heterocycles. The van der Waals surface area contributed by atoms with Crippen molar-refractivity contribution in [1.82, 2.24) is 5.32 Å². The van der Waals surface area contributed by atoms with Crippen LogP contribution in [0.5, 0.6) is 0 Å². The Morgan fingerprint density at radius 1 is 1.50 bits per heavy atom. The molecule has 1 unspecified atom stereocenters. The Labute approximate surface area is 124 Å². The highest BCUT2D eigenvalue weighted by molar-refractivity contribution is 14.1. The van der Waals surface area contributed by atoms with Gasteiger partial charge in [0.1, 0.15) is 12.6 Å². The number of carbonyl (C=O) groups is 2. The first-order valence-corrected chi connectivity index (χ1v) is 7.04. The van der Waals surface area contributed by atoms with Gasteiger partial charge in [-0.25, -0.2) is 0 Å². The summed E-state index contributed by atoms with van der Waals surface area (Å²) in [5.74, 6) is -0.267. The summed E-state index contributed by atoms with van der Waals surface area (Å²) >= 11 is 8.28. The van der Waals surface area contributed by atoms with Crippen molar-refractivity contribution >= 4 is 51.7 Å². The number of halogens is 2. The molecule has 2 amide bonds. The quantitative estimate of drug-likeness (QED) is 0.802. The minimum Gasteiger partial charge on any atom is -0.343 e. The summed E-state index contributed by atoms with van der Waals surface area (Å²) in [6.07, 6.45) is 0.572. The molecule has 1 N–H and O–H groups in total. The topological polar surface area (TPSA) is 49.4 Å². The van der Waals surface area contributed by atoms with Crippen LogP contribution in [0.15, 0.2) is 18.2 Å². The molecule has 6 heteroatoms. The smallest absolute Gasteiger partial charge is 0.250 e. The number of benzene rings is 1. The average Bonchev–Trinajstić information content (AvgIpc) is 2.32. The van der Waals surface area contributed by atoms with E-state index in [0.29, 0.717) is 17.1 Å². The number of anilines is 1. The lowest BCUT2D eigenvalue weighted by atomic mass is 10.1.